The van der Waals surface area contributed by atoms with Crippen molar-refractivity contribution in [3.63, 3.8) is 0 Å². The molecule has 1 aromatic heterocycles. The Balaban J connectivity index is 1.24. The third kappa shape index (κ3) is 3.94. The molecule has 0 spiro atoms. The Labute approximate surface area is 173 Å². The van der Waals surface area contributed by atoms with Gasteiger partial charge in [0, 0.05) is 44.5 Å². The van der Waals surface area contributed by atoms with Crippen molar-refractivity contribution < 1.29 is 19.2 Å². The molecule has 4 amide bonds. The molecule has 0 atom stereocenters. The quantitative estimate of drug-likeness (QED) is 0.759. The summed E-state index contributed by atoms with van der Waals surface area (Å²) in [5, 5.41) is 2.95. The molecule has 3 heterocycles. The molecular weight excluding hydrogens is 384 g/mol. The number of fused-ring (bicyclic) bond motifs is 1. The molecule has 8 heteroatoms. The average molecular weight is 406 g/mol. The number of carbonyl (C=O) groups is 4. The summed E-state index contributed by atoms with van der Waals surface area (Å²) in [5.74, 6) is -0.974. The summed E-state index contributed by atoms with van der Waals surface area (Å²) < 4.78 is 0. The van der Waals surface area contributed by atoms with Gasteiger partial charge in [-0.25, -0.2) is 0 Å². The minimum absolute atomic E-state index is 0.0300. The third-order valence-electron chi connectivity index (χ3n) is 5.50. The Morgan fingerprint density at radius 3 is 2.27 bits per heavy atom. The number of pyridine rings is 1. The van der Waals surface area contributed by atoms with Crippen LogP contribution >= 0.6 is 0 Å². The Bertz CT molecular complexity index is 949. The lowest BCUT2D eigenvalue weighted by Gasteiger charge is -2.32. The summed E-state index contributed by atoms with van der Waals surface area (Å²) in [5.41, 5.74) is 1.32. The van der Waals surface area contributed by atoms with Crippen LogP contribution < -0.4 is 5.32 Å². The molecule has 30 heavy (non-hydrogen) atoms. The number of piperidine rings is 1. The molecule has 1 fully saturated rings. The van der Waals surface area contributed by atoms with Crippen molar-refractivity contribution in [2.75, 3.05) is 19.6 Å². The fraction of sp³-hybridized carbons (Fsp3) is 0.318. The molecule has 2 aliphatic rings. The normalized spacial score (nSPS) is 16.5. The van der Waals surface area contributed by atoms with E-state index in [1.165, 1.54) is 0 Å². The van der Waals surface area contributed by atoms with Gasteiger partial charge >= 0.3 is 0 Å². The van der Waals surface area contributed by atoms with Gasteiger partial charge in [-0.05, 0) is 37.1 Å². The summed E-state index contributed by atoms with van der Waals surface area (Å²) in [7, 11) is 0. The highest BCUT2D eigenvalue weighted by Gasteiger charge is 2.35. The molecule has 154 valence electrons. The molecule has 8 nitrogen and oxygen atoms in total. The maximum absolute atomic E-state index is 12.5. The van der Waals surface area contributed by atoms with E-state index in [1.807, 2.05) is 0 Å². The van der Waals surface area contributed by atoms with E-state index >= 15 is 0 Å². The monoisotopic (exact) mass is 406 g/mol. The topological polar surface area (TPSA) is 99.7 Å². The number of nitrogens with zero attached hydrogens (tertiary/aromatic N) is 3. The van der Waals surface area contributed by atoms with Crippen LogP contribution in [-0.4, -0.2) is 64.1 Å². The van der Waals surface area contributed by atoms with Crippen LogP contribution in [0.3, 0.4) is 0 Å². The minimum Gasteiger partial charge on any atom is -0.353 e. The molecule has 1 N–H and O–H groups in total. The lowest BCUT2D eigenvalue weighted by Crippen LogP contribution is -2.47. The first-order valence-electron chi connectivity index (χ1n) is 9.98. The van der Waals surface area contributed by atoms with Gasteiger partial charge in [-0.2, -0.15) is 0 Å². The average Bonchev–Trinajstić information content (AvgIpc) is 3.03. The summed E-state index contributed by atoms with van der Waals surface area (Å²) in [6.07, 6.45) is 4.55. The van der Waals surface area contributed by atoms with E-state index in [0.29, 0.717) is 42.6 Å². The summed E-state index contributed by atoms with van der Waals surface area (Å²) in [6.45, 7) is 1.16. The molecule has 0 unspecified atom stereocenters. The lowest BCUT2D eigenvalue weighted by atomic mass is 10.0. The van der Waals surface area contributed by atoms with Gasteiger partial charge in [-0.1, -0.05) is 12.1 Å². The molecule has 4 rings (SSSR count). The molecule has 0 bridgehead atoms. The zero-order valence-electron chi connectivity index (χ0n) is 16.4. The Hall–Kier alpha value is -3.55. The van der Waals surface area contributed by atoms with Gasteiger partial charge in [0.25, 0.3) is 17.7 Å². The van der Waals surface area contributed by atoms with Gasteiger partial charge < -0.3 is 10.2 Å². The second-order valence-corrected chi connectivity index (χ2v) is 7.43. The summed E-state index contributed by atoms with van der Waals surface area (Å²) in [6, 6.07) is 10.1. The van der Waals surface area contributed by atoms with Gasteiger partial charge in [0.2, 0.25) is 5.91 Å². The van der Waals surface area contributed by atoms with Crippen LogP contribution in [0.15, 0.2) is 48.8 Å². The van der Waals surface area contributed by atoms with Gasteiger partial charge in [0.05, 0.1) is 16.7 Å². The van der Waals surface area contributed by atoms with Crippen LogP contribution in [0.5, 0.6) is 0 Å². The maximum atomic E-state index is 12.5. The number of imide groups is 1. The van der Waals surface area contributed by atoms with Crippen molar-refractivity contribution in [2.24, 2.45) is 0 Å². The van der Waals surface area contributed by atoms with Crippen molar-refractivity contribution in [1.29, 1.82) is 0 Å². The van der Waals surface area contributed by atoms with E-state index < -0.39 is 0 Å². The Morgan fingerprint density at radius 2 is 1.67 bits per heavy atom. The SMILES string of the molecule is O=C(CCN1C(=O)c2ccccc2C1=O)NC1CCN(C(=O)c2cccnc2)CC1. The molecule has 0 aliphatic carbocycles. The number of benzene rings is 1. The number of aromatic nitrogens is 1. The highest BCUT2D eigenvalue weighted by molar-refractivity contribution is 6.21. The van der Waals surface area contributed by atoms with E-state index in [-0.39, 0.29) is 42.6 Å². The maximum Gasteiger partial charge on any atom is 0.261 e. The molecule has 2 aromatic rings. The highest BCUT2D eigenvalue weighted by atomic mass is 16.2. The largest absolute Gasteiger partial charge is 0.353 e. The molecule has 2 aliphatic heterocycles. The predicted molar refractivity (Wildman–Crippen MR) is 108 cm³/mol. The first kappa shape index (κ1) is 19.8. The summed E-state index contributed by atoms with van der Waals surface area (Å²) in [4.78, 5) is 56.4. The second kappa shape index (κ2) is 8.44. The highest BCUT2D eigenvalue weighted by Crippen LogP contribution is 2.22. The number of rotatable bonds is 5. The van der Waals surface area contributed by atoms with Gasteiger partial charge in [0.15, 0.2) is 0 Å². The standard InChI is InChI=1S/C22H22N4O4/c27-19(9-13-26-21(29)17-5-1-2-6-18(17)22(26)30)24-16-7-11-25(12-8-16)20(28)15-4-3-10-23-14-15/h1-6,10,14,16H,7-9,11-13H2,(H,24,27). The van der Waals surface area contributed by atoms with Crippen LogP contribution in [0.2, 0.25) is 0 Å². The number of amides is 4. The van der Waals surface area contributed by atoms with Crippen molar-refractivity contribution in [2.45, 2.75) is 25.3 Å². The minimum atomic E-state index is -0.356. The zero-order chi connectivity index (χ0) is 21.1. The molecular formula is C22H22N4O4. The van der Waals surface area contributed by atoms with Gasteiger partial charge in [-0.15, -0.1) is 0 Å². The number of hydrogen-bond donors (Lipinski definition) is 1. The zero-order valence-corrected chi connectivity index (χ0v) is 16.4. The van der Waals surface area contributed by atoms with Crippen molar-refractivity contribution in [3.8, 4) is 0 Å². The van der Waals surface area contributed by atoms with Crippen LogP contribution in [-0.2, 0) is 4.79 Å². The van der Waals surface area contributed by atoms with Crippen molar-refractivity contribution in [3.05, 3.63) is 65.5 Å². The fourth-order valence-electron chi connectivity index (χ4n) is 3.85. The first-order valence-corrected chi connectivity index (χ1v) is 9.98. The molecule has 0 radical (unpaired) electrons. The molecule has 1 aromatic carbocycles. The second-order valence-electron chi connectivity index (χ2n) is 7.43. The smallest absolute Gasteiger partial charge is 0.261 e. The third-order valence-corrected chi connectivity index (χ3v) is 5.50. The van der Waals surface area contributed by atoms with Crippen LogP contribution in [0.25, 0.3) is 0 Å². The van der Waals surface area contributed by atoms with Crippen LogP contribution in [0, 0.1) is 0 Å². The predicted octanol–water partition coefficient (Wildman–Crippen LogP) is 1.49. The number of carbonyl (C=O) groups excluding carboxylic acids is 4. The number of nitrogens with one attached hydrogen (secondary N) is 1. The first-order chi connectivity index (χ1) is 14.5. The van der Waals surface area contributed by atoms with Crippen molar-refractivity contribution >= 4 is 23.6 Å². The van der Waals surface area contributed by atoms with E-state index in [2.05, 4.69) is 10.3 Å². The van der Waals surface area contributed by atoms with Crippen LogP contribution in [0.1, 0.15) is 50.3 Å². The fourth-order valence-corrected chi connectivity index (χ4v) is 3.85. The van der Waals surface area contributed by atoms with Gasteiger partial charge in [0.1, 0.15) is 0 Å². The van der Waals surface area contributed by atoms with Gasteiger partial charge in [-0.3, -0.25) is 29.1 Å². The van der Waals surface area contributed by atoms with E-state index in [9.17, 15) is 19.2 Å². The summed E-state index contributed by atoms with van der Waals surface area (Å²) >= 11 is 0. The molecule has 1 saturated heterocycles. The van der Waals surface area contributed by atoms with E-state index in [1.54, 1.807) is 53.7 Å². The lowest BCUT2D eigenvalue weighted by molar-refractivity contribution is -0.122. The Morgan fingerprint density at radius 1 is 1.00 bits per heavy atom. The van der Waals surface area contributed by atoms with E-state index in [0.717, 1.165) is 4.90 Å². The number of hydrogen-bond acceptors (Lipinski definition) is 5. The van der Waals surface area contributed by atoms with Crippen molar-refractivity contribution in [1.82, 2.24) is 20.1 Å². The van der Waals surface area contributed by atoms with Crippen LogP contribution in [0.4, 0.5) is 0 Å². The van der Waals surface area contributed by atoms with E-state index in [4.69, 9.17) is 0 Å². The molecule has 0 saturated carbocycles. The Kier molecular flexibility index (Phi) is 5.56. The number of likely N-dealkylation sites (tertiary alicyclic amines) is 1.